The molecule has 5 nitrogen and oxygen atoms in total. The van der Waals surface area contributed by atoms with Crippen LogP contribution in [0.3, 0.4) is 0 Å². The molecule has 23 heavy (non-hydrogen) atoms. The van der Waals surface area contributed by atoms with Gasteiger partial charge in [-0.2, -0.15) is 0 Å². The second-order valence-corrected chi connectivity index (χ2v) is 6.91. The zero-order valence-electron chi connectivity index (χ0n) is 13.2. The Hall–Kier alpha value is -1.92. The molecule has 2 aromatic rings. The van der Waals surface area contributed by atoms with Gasteiger partial charge in [-0.1, -0.05) is 6.07 Å². The molecule has 6 heteroatoms. The van der Waals surface area contributed by atoms with Crippen molar-refractivity contribution in [2.24, 2.45) is 0 Å². The van der Waals surface area contributed by atoms with Crippen molar-refractivity contribution >= 4 is 17.2 Å². The molecule has 1 amide bonds. The summed E-state index contributed by atoms with van der Waals surface area (Å²) in [5.74, 6) is -0.126. The molecule has 0 saturated heterocycles. The molecule has 0 radical (unpaired) electrons. The maximum absolute atomic E-state index is 12.0. The fourth-order valence-electron chi connectivity index (χ4n) is 2.84. The summed E-state index contributed by atoms with van der Waals surface area (Å²) in [6, 6.07) is 7.36. The van der Waals surface area contributed by atoms with Crippen LogP contribution in [0.1, 0.15) is 17.4 Å². The van der Waals surface area contributed by atoms with Gasteiger partial charge in [0.15, 0.2) is 0 Å². The second kappa shape index (κ2) is 7.10. The molecule has 1 aliphatic heterocycles. The lowest BCUT2D eigenvalue weighted by atomic mass is 10.1. The Bertz CT molecular complexity index is 737. The van der Waals surface area contributed by atoms with Crippen LogP contribution in [0.4, 0.5) is 0 Å². The van der Waals surface area contributed by atoms with Crippen molar-refractivity contribution in [2.45, 2.75) is 32.5 Å². The molecule has 0 unspecified atom stereocenters. The summed E-state index contributed by atoms with van der Waals surface area (Å²) in [5.41, 5.74) is 1.26. The Morgan fingerprint density at radius 1 is 1.39 bits per heavy atom. The number of pyridine rings is 1. The Balaban J connectivity index is 1.49. The number of carbonyl (C=O) groups excluding carboxylic acids is 1. The summed E-state index contributed by atoms with van der Waals surface area (Å²) >= 11 is 1.83. The van der Waals surface area contributed by atoms with Crippen LogP contribution in [0.15, 0.2) is 40.6 Å². The molecular formula is C17H21N3O2S. The summed E-state index contributed by atoms with van der Waals surface area (Å²) in [6.07, 6.45) is 2.72. The van der Waals surface area contributed by atoms with Crippen molar-refractivity contribution in [3.63, 3.8) is 0 Å². The van der Waals surface area contributed by atoms with Gasteiger partial charge in [-0.25, -0.2) is 0 Å². The number of carbonyl (C=O) groups is 1. The molecular weight excluding hydrogens is 310 g/mol. The van der Waals surface area contributed by atoms with E-state index in [2.05, 4.69) is 28.6 Å². The Morgan fingerprint density at radius 2 is 2.26 bits per heavy atom. The molecule has 3 heterocycles. The van der Waals surface area contributed by atoms with Crippen LogP contribution in [0.25, 0.3) is 0 Å². The smallest absolute Gasteiger partial charge is 0.250 e. The molecule has 0 fully saturated rings. The number of nitrogens with zero attached hydrogens (tertiary/aromatic N) is 2. The second-order valence-electron chi connectivity index (χ2n) is 5.91. The third-order valence-electron chi connectivity index (χ3n) is 4.27. The minimum absolute atomic E-state index is 0.0705. The van der Waals surface area contributed by atoms with Gasteiger partial charge < -0.3 is 9.88 Å². The van der Waals surface area contributed by atoms with Crippen LogP contribution >= 0.6 is 11.3 Å². The van der Waals surface area contributed by atoms with E-state index in [-0.39, 0.29) is 24.1 Å². The highest BCUT2D eigenvalue weighted by Crippen LogP contribution is 2.24. The standard InChI is InChI=1S/C17H21N3O2S/c1-13(19-8-5-15-14(11-19)6-9-23-15)10-18-16(21)12-20-7-3-2-4-17(20)22/h2-4,6-7,9,13H,5,8,10-12H2,1H3,(H,18,21)/t13-/m1/s1. The topological polar surface area (TPSA) is 54.3 Å². The van der Waals surface area contributed by atoms with Gasteiger partial charge in [0.25, 0.3) is 5.56 Å². The molecule has 0 aliphatic carbocycles. The molecule has 2 aromatic heterocycles. The SMILES string of the molecule is C[C@H](CNC(=O)Cn1ccccc1=O)N1CCc2sccc2C1. The lowest BCUT2D eigenvalue weighted by Crippen LogP contribution is -2.45. The van der Waals surface area contributed by atoms with E-state index in [0.717, 1.165) is 19.5 Å². The highest BCUT2D eigenvalue weighted by Gasteiger charge is 2.21. The van der Waals surface area contributed by atoms with Crippen molar-refractivity contribution in [3.05, 3.63) is 56.6 Å². The Morgan fingerprint density at radius 3 is 3.09 bits per heavy atom. The fraction of sp³-hybridized carbons (Fsp3) is 0.412. The summed E-state index contributed by atoms with van der Waals surface area (Å²) in [4.78, 5) is 27.5. The van der Waals surface area contributed by atoms with Crippen LogP contribution in [0, 0.1) is 0 Å². The number of aromatic nitrogens is 1. The summed E-state index contributed by atoms with van der Waals surface area (Å²) in [6.45, 7) is 4.78. The van der Waals surface area contributed by atoms with Crippen molar-refractivity contribution < 1.29 is 4.79 Å². The molecule has 1 atom stereocenters. The zero-order valence-corrected chi connectivity index (χ0v) is 14.0. The quantitative estimate of drug-likeness (QED) is 0.903. The molecule has 3 rings (SSSR count). The third-order valence-corrected chi connectivity index (χ3v) is 5.29. The summed E-state index contributed by atoms with van der Waals surface area (Å²) in [7, 11) is 0. The number of hydrogen-bond acceptors (Lipinski definition) is 4. The number of thiophene rings is 1. The number of nitrogens with one attached hydrogen (secondary N) is 1. The van der Waals surface area contributed by atoms with E-state index in [1.165, 1.54) is 21.1 Å². The third kappa shape index (κ3) is 3.89. The van der Waals surface area contributed by atoms with Gasteiger partial charge in [0.1, 0.15) is 6.54 Å². The van der Waals surface area contributed by atoms with Gasteiger partial charge in [-0.05, 0) is 36.4 Å². The van der Waals surface area contributed by atoms with E-state index in [4.69, 9.17) is 0 Å². The first-order valence-electron chi connectivity index (χ1n) is 7.85. The monoisotopic (exact) mass is 331 g/mol. The number of hydrogen-bond donors (Lipinski definition) is 1. The maximum Gasteiger partial charge on any atom is 0.250 e. The van der Waals surface area contributed by atoms with Crippen molar-refractivity contribution in [1.29, 1.82) is 0 Å². The van der Waals surface area contributed by atoms with E-state index in [1.807, 2.05) is 11.3 Å². The normalized spacial score (nSPS) is 15.9. The van der Waals surface area contributed by atoms with Crippen molar-refractivity contribution in [1.82, 2.24) is 14.8 Å². The predicted molar refractivity (Wildman–Crippen MR) is 91.6 cm³/mol. The predicted octanol–water partition coefficient (Wildman–Crippen LogP) is 1.47. The van der Waals surface area contributed by atoms with Crippen molar-refractivity contribution in [3.8, 4) is 0 Å². The minimum atomic E-state index is -0.156. The van der Waals surface area contributed by atoms with E-state index in [1.54, 1.807) is 18.3 Å². The highest BCUT2D eigenvalue weighted by molar-refractivity contribution is 7.10. The van der Waals surface area contributed by atoms with E-state index >= 15 is 0 Å². The lowest BCUT2D eigenvalue weighted by Gasteiger charge is -2.32. The van der Waals surface area contributed by atoms with Crippen LogP contribution in [-0.4, -0.2) is 34.5 Å². The first-order valence-corrected chi connectivity index (χ1v) is 8.73. The Kier molecular flexibility index (Phi) is 4.93. The number of amides is 1. The largest absolute Gasteiger partial charge is 0.353 e. The fourth-order valence-corrected chi connectivity index (χ4v) is 3.73. The molecule has 1 N–H and O–H groups in total. The van der Waals surface area contributed by atoms with Gasteiger partial charge in [-0.3, -0.25) is 14.5 Å². The van der Waals surface area contributed by atoms with Crippen molar-refractivity contribution in [2.75, 3.05) is 13.1 Å². The average Bonchev–Trinajstić information content (AvgIpc) is 3.02. The van der Waals surface area contributed by atoms with Gasteiger partial charge in [0, 0.05) is 42.8 Å². The van der Waals surface area contributed by atoms with Gasteiger partial charge in [-0.15, -0.1) is 11.3 Å². The summed E-state index contributed by atoms with van der Waals surface area (Å²) in [5, 5.41) is 5.09. The van der Waals surface area contributed by atoms with E-state index in [9.17, 15) is 9.59 Å². The van der Waals surface area contributed by atoms with Gasteiger partial charge >= 0.3 is 0 Å². The van der Waals surface area contributed by atoms with Gasteiger partial charge in [0.05, 0.1) is 0 Å². The molecule has 1 aliphatic rings. The van der Waals surface area contributed by atoms with Crippen LogP contribution < -0.4 is 10.9 Å². The molecule has 122 valence electrons. The molecule has 0 aromatic carbocycles. The first-order chi connectivity index (χ1) is 11.1. The van der Waals surface area contributed by atoms with Crippen LogP contribution in [-0.2, 0) is 24.3 Å². The zero-order chi connectivity index (χ0) is 16.2. The average molecular weight is 331 g/mol. The van der Waals surface area contributed by atoms with Crippen LogP contribution in [0.2, 0.25) is 0 Å². The highest BCUT2D eigenvalue weighted by atomic mass is 32.1. The number of fused-ring (bicyclic) bond motifs is 1. The van der Waals surface area contributed by atoms with Crippen LogP contribution in [0.5, 0.6) is 0 Å². The molecule has 0 saturated carbocycles. The minimum Gasteiger partial charge on any atom is -0.353 e. The molecule has 0 bridgehead atoms. The van der Waals surface area contributed by atoms with Gasteiger partial charge in [0.2, 0.25) is 5.91 Å². The summed E-state index contributed by atoms with van der Waals surface area (Å²) < 4.78 is 1.42. The number of rotatable bonds is 5. The van der Waals surface area contributed by atoms with E-state index < -0.39 is 0 Å². The lowest BCUT2D eigenvalue weighted by molar-refractivity contribution is -0.122. The first kappa shape index (κ1) is 16.0. The van der Waals surface area contributed by atoms with E-state index in [0.29, 0.717) is 6.54 Å². The molecule has 0 spiro atoms. The maximum atomic E-state index is 12.0. The Labute approximate surface area is 139 Å².